The largest absolute Gasteiger partial charge is 1.00 e. The standard InChI is InChI=1S/C7H19N2.2ClH/c1-8(2)6-7-9(3,4)5;;/h6-7H2,1-5H3;2*1H/q+1;;/p-1. The Bertz CT molecular complexity index is 79.0. The second-order valence-electron chi connectivity index (χ2n) is 3.82. The van der Waals surface area contributed by atoms with Crippen molar-refractivity contribution in [2.75, 3.05) is 48.3 Å². The fraction of sp³-hybridized carbons (Fsp3) is 1.00. The fourth-order valence-electron chi connectivity index (χ4n) is 0.500. The van der Waals surface area contributed by atoms with Gasteiger partial charge in [-0.05, 0) is 14.1 Å². The van der Waals surface area contributed by atoms with Gasteiger partial charge < -0.3 is 21.8 Å². The lowest BCUT2D eigenvalue weighted by molar-refractivity contribution is -0.869. The highest BCUT2D eigenvalue weighted by Gasteiger charge is 2.05. The molecular weight excluding hydrogens is 183 g/mol. The molecule has 4 heteroatoms. The van der Waals surface area contributed by atoms with E-state index in [9.17, 15) is 0 Å². The third-order valence-electron chi connectivity index (χ3n) is 1.22. The summed E-state index contributed by atoms with van der Waals surface area (Å²) < 4.78 is 1.05. The molecule has 0 atom stereocenters. The van der Waals surface area contributed by atoms with Crippen molar-refractivity contribution < 1.29 is 16.9 Å². The molecule has 11 heavy (non-hydrogen) atoms. The predicted octanol–water partition coefficient (Wildman–Crippen LogP) is -2.32. The van der Waals surface area contributed by atoms with Gasteiger partial charge in [0.25, 0.3) is 0 Å². The van der Waals surface area contributed by atoms with Crippen LogP contribution in [0, 0.1) is 0 Å². The molecule has 0 N–H and O–H groups in total. The van der Waals surface area contributed by atoms with Gasteiger partial charge >= 0.3 is 0 Å². The fourth-order valence-corrected chi connectivity index (χ4v) is 0.500. The molecule has 0 unspecified atom stereocenters. The van der Waals surface area contributed by atoms with Gasteiger partial charge in [0.2, 0.25) is 0 Å². The maximum atomic E-state index is 2.21. The summed E-state index contributed by atoms with van der Waals surface area (Å²) in [5.41, 5.74) is 0. The van der Waals surface area contributed by atoms with Gasteiger partial charge in [-0.1, -0.05) is 0 Å². The zero-order chi connectivity index (χ0) is 7.49. The summed E-state index contributed by atoms with van der Waals surface area (Å²) >= 11 is 0. The first-order chi connectivity index (χ1) is 3.92. The maximum absolute atomic E-state index is 2.21. The molecule has 0 aliphatic carbocycles. The van der Waals surface area contributed by atoms with Crippen LogP contribution in [-0.2, 0) is 0 Å². The normalized spacial score (nSPS) is 10.4. The first kappa shape index (κ1) is 17.5. The third-order valence-corrected chi connectivity index (χ3v) is 1.22. The Morgan fingerprint density at radius 1 is 1.09 bits per heavy atom. The topological polar surface area (TPSA) is 3.24 Å². The van der Waals surface area contributed by atoms with Crippen LogP contribution in [0.1, 0.15) is 0 Å². The number of rotatable bonds is 3. The molecule has 0 aromatic rings. The molecule has 0 radical (unpaired) electrons. The van der Waals surface area contributed by atoms with E-state index in [0.717, 1.165) is 4.48 Å². The number of hydrogen-bond acceptors (Lipinski definition) is 1. The monoisotopic (exact) mass is 202 g/mol. The lowest BCUT2D eigenvalue weighted by Crippen LogP contribution is -3.00. The average Bonchev–Trinajstić information content (AvgIpc) is 1.59. The van der Waals surface area contributed by atoms with E-state index in [0.29, 0.717) is 0 Å². The first-order valence-electron chi connectivity index (χ1n) is 3.37. The molecule has 0 heterocycles. The van der Waals surface area contributed by atoms with Crippen LogP contribution in [0.15, 0.2) is 0 Å². The van der Waals surface area contributed by atoms with Gasteiger partial charge in [0.1, 0.15) is 0 Å². The summed E-state index contributed by atoms with van der Waals surface area (Å²) in [4.78, 5) is 2.21. The summed E-state index contributed by atoms with van der Waals surface area (Å²) in [5, 5.41) is 0. The number of halogens is 2. The molecule has 0 saturated heterocycles. The summed E-state index contributed by atoms with van der Waals surface area (Å²) in [6.45, 7) is 2.39. The van der Waals surface area contributed by atoms with Gasteiger partial charge in [-0.25, -0.2) is 0 Å². The van der Waals surface area contributed by atoms with Crippen molar-refractivity contribution in [3.05, 3.63) is 0 Å². The highest BCUT2D eigenvalue weighted by atomic mass is 35.5. The Kier molecular flexibility index (Phi) is 11.4. The Morgan fingerprint density at radius 3 is 1.55 bits per heavy atom. The molecule has 0 aliphatic heterocycles. The Hall–Kier alpha value is 0.500. The van der Waals surface area contributed by atoms with E-state index in [2.05, 4.69) is 40.1 Å². The lowest BCUT2D eigenvalue weighted by Gasteiger charge is -2.25. The SMILES string of the molecule is CN(C)CC[N+](C)(C)C.Cl.[Cl-]. The third kappa shape index (κ3) is 18.0. The van der Waals surface area contributed by atoms with E-state index in [1.165, 1.54) is 13.1 Å². The quantitative estimate of drug-likeness (QED) is 0.465. The molecule has 0 aliphatic rings. The summed E-state index contributed by atoms with van der Waals surface area (Å²) in [6, 6.07) is 0. The molecule has 0 spiro atoms. The van der Waals surface area contributed by atoms with Crippen LogP contribution in [-0.4, -0.2) is 57.7 Å². The highest BCUT2D eigenvalue weighted by molar-refractivity contribution is 5.85. The van der Waals surface area contributed by atoms with Crippen LogP contribution < -0.4 is 12.4 Å². The van der Waals surface area contributed by atoms with Crippen LogP contribution in [0.2, 0.25) is 0 Å². The van der Waals surface area contributed by atoms with Gasteiger partial charge in [-0.2, -0.15) is 0 Å². The minimum absolute atomic E-state index is 0. The maximum Gasteiger partial charge on any atom is 0.0909 e. The van der Waals surface area contributed by atoms with E-state index in [1.807, 2.05) is 0 Å². The minimum atomic E-state index is 0. The van der Waals surface area contributed by atoms with Gasteiger partial charge in [-0.15, -0.1) is 12.4 Å². The Balaban J connectivity index is -0.000000320. The Morgan fingerprint density at radius 2 is 1.45 bits per heavy atom. The van der Waals surface area contributed by atoms with Crippen molar-refractivity contribution >= 4 is 12.4 Å². The highest BCUT2D eigenvalue weighted by Crippen LogP contribution is 1.88. The molecule has 0 amide bonds. The summed E-state index contributed by atoms with van der Waals surface area (Å²) in [5.74, 6) is 0. The molecule has 0 aromatic heterocycles. The van der Waals surface area contributed by atoms with Crippen LogP contribution in [0.25, 0.3) is 0 Å². The van der Waals surface area contributed by atoms with Gasteiger partial charge in [0, 0.05) is 6.54 Å². The van der Waals surface area contributed by atoms with Crippen molar-refractivity contribution in [3.8, 4) is 0 Å². The van der Waals surface area contributed by atoms with Crippen LogP contribution in [0.4, 0.5) is 0 Å². The zero-order valence-electron chi connectivity index (χ0n) is 8.09. The van der Waals surface area contributed by atoms with Gasteiger partial charge in [0.15, 0.2) is 0 Å². The van der Waals surface area contributed by atoms with Crippen molar-refractivity contribution in [1.29, 1.82) is 0 Å². The second-order valence-corrected chi connectivity index (χ2v) is 3.82. The van der Waals surface area contributed by atoms with E-state index in [1.54, 1.807) is 0 Å². The second kappa shape index (κ2) is 7.17. The van der Waals surface area contributed by atoms with Gasteiger partial charge in [-0.3, -0.25) is 0 Å². The van der Waals surface area contributed by atoms with Crippen molar-refractivity contribution in [2.45, 2.75) is 0 Å². The summed E-state index contributed by atoms with van der Waals surface area (Å²) in [7, 11) is 10.8. The van der Waals surface area contributed by atoms with Gasteiger partial charge in [0.05, 0.1) is 27.7 Å². The average molecular weight is 203 g/mol. The zero-order valence-corrected chi connectivity index (χ0v) is 9.67. The Labute approximate surface area is 83.0 Å². The van der Waals surface area contributed by atoms with Crippen LogP contribution >= 0.6 is 12.4 Å². The molecule has 0 rings (SSSR count). The lowest BCUT2D eigenvalue weighted by atomic mass is 10.5. The molecule has 0 saturated carbocycles. The first-order valence-corrected chi connectivity index (χ1v) is 3.37. The van der Waals surface area contributed by atoms with E-state index < -0.39 is 0 Å². The smallest absolute Gasteiger partial charge is 0.0909 e. The van der Waals surface area contributed by atoms with Crippen molar-refractivity contribution in [3.63, 3.8) is 0 Å². The molecule has 0 fully saturated rings. The van der Waals surface area contributed by atoms with Crippen LogP contribution in [0.5, 0.6) is 0 Å². The predicted molar refractivity (Wildman–Crippen MR) is 48.7 cm³/mol. The number of likely N-dealkylation sites (N-methyl/N-ethyl adjacent to an activating group) is 2. The molecule has 2 nitrogen and oxygen atoms in total. The molecule has 0 aromatic carbocycles. The van der Waals surface area contributed by atoms with Crippen LogP contribution in [0.3, 0.4) is 0 Å². The van der Waals surface area contributed by atoms with Crippen molar-refractivity contribution in [1.82, 2.24) is 4.90 Å². The number of nitrogens with zero attached hydrogens (tertiary/aromatic N) is 2. The summed E-state index contributed by atoms with van der Waals surface area (Å²) in [6.07, 6.45) is 0. The van der Waals surface area contributed by atoms with Crippen molar-refractivity contribution in [2.24, 2.45) is 0 Å². The number of quaternary nitrogens is 1. The minimum Gasteiger partial charge on any atom is -1.00 e. The van der Waals surface area contributed by atoms with E-state index in [-0.39, 0.29) is 24.8 Å². The van der Waals surface area contributed by atoms with E-state index >= 15 is 0 Å². The number of hydrogen-bond donors (Lipinski definition) is 0. The molecule has 72 valence electrons. The molecule has 0 bridgehead atoms. The molecular formula is C7H20Cl2N2. The van der Waals surface area contributed by atoms with E-state index in [4.69, 9.17) is 0 Å².